The highest BCUT2D eigenvalue weighted by atomic mass is 16.5. The monoisotopic (exact) mass is 166 g/mol. The summed E-state index contributed by atoms with van der Waals surface area (Å²) in [6, 6.07) is 3.85. The van der Waals surface area contributed by atoms with Crippen LogP contribution in [0.15, 0.2) is 12.3 Å². The average molecular weight is 166 g/mol. The fourth-order valence-corrected chi connectivity index (χ4v) is 0.706. The van der Waals surface area contributed by atoms with Crippen molar-refractivity contribution in [3.8, 4) is 5.75 Å². The summed E-state index contributed by atoms with van der Waals surface area (Å²) in [6.07, 6.45) is 1.37. The molecule has 0 aliphatic heterocycles. The van der Waals surface area contributed by atoms with E-state index in [2.05, 4.69) is 15.8 Å². The van der Waals surface area contributed by atoms with Crippen LogP contribution >= 0.6 is 0 Å². The molecule has 0 atom stereocenters. The van der Waals surface area contributed by atoms with Gasteiger partial charge in [-0.15, -0.1) is 0 Å². The Morgan fingerprint density at radius 3 is 3.17 bits per heavy atom. The molecule has 1 rings (SSSR count). The number of esters is 1. The first-order valence-electron chi connectivity index (χ1n) is 3.48. The SMILES string of the molecule is CCOC(=O)c1ncc[c]c1O. The first-order chi connectivity index (χ1) is 5.75. The van der Waals surface area contributed by atoms with Crippen molar-refractivity contribution in [1.82, 2.24) is 4.98 Å². The van der Waals surface area contributed by atoms with Crippen LogP contribution in [0.2, 0.25) is 0 Å². The molecule has 1 radical (unpaired) electrons. The van der Waals surface area contributed by atoms with Gasteiger partial charge >= 0.3 is 5.97 Å². The van der Waals surface area contributed by atoms with Crippen molar-refractivity contribution in [1.29, 1.82) is 0 Å². The van der Waals surface area contributed by atoms with Gasteiger partial charge in [0.25, 0.3) is 0 Å². The maximum atomic E-state index is 11.0. The molecule has 0 saturated carbocycles. The summed E-state index contributed by atoms with van der Waals surface area (Å²) >= 11 is 0. The summed E-state index contributed by atoms with van der Waals surface area (Å²) in [5.41, 5.74) is -0.0978. The molecule has 1 heterocycles. The molecule has 0 bridgehead atoms. The van der Waals surface area contributed by atoms with Crippen LogP contribution in [0.1, 0.15) is 17.4 Å². The molecule has 0 aromatic carbocycles. The zero-order valence-corrected chi connectivity index (χ0v) is 6.57. The molecule has 12 heavy (non-hydrogen) atoms. The standard InChI is InChI=1S/C8H8NO3/c1-2-12-8(11)7-6(10)4-3-5-9-7/h3,5,10H,2H2,1H3. The molecule has 4 heteroatoms. The lowest BCUT2D eigenvalue weighted by atomic mass is 10.3. The van der Waals surface area contributed by atoms with E-state index in [1.54, 1.807) is 6.92 Å². The Morgan fingerprint density at radius 2 is 2.58 bits per heavy atom. The number of carbonyl (C=O) groups excluding carboxylic acids is 1. The van der Waals surface area contributed by atoms with Gasteiger partial charge in [0.2, 0.25) is 0 Å². The van der Waals surface area contributed by atoms with Crippen LogP contribution in [-0.4, -0.2) is 22.7 Å². The van der Waals surface area contributed by atoms with Crippen LogP contribution in [0.3, 0.4) is 0 Å². The predicted molar refractivity (Wildman–Crippen MR) is 40.7 cm³/mol. The minimum absolute atomic E-state index is 0.0978. The van der Waals surface area contributed by atoms with Gasteiger partial charge in [-0.05, 0) is 13.0 Å². The van der Waals surface area contributed by atoms with E-state index in [1.807, 2.05) is 0 Å². The third-order valence-electron chi connectivity index (χ3n) is 1.19. The van der Waals surface area contributed by atoms with Crippen LogP contribution in [-0.2, 0) is 4.74 Å². The van der Waals surface area contributed by atoms with E-state index < -0.39 is 5.97 Å². The molecule has 1 aromatic heterocycles. The Balaban J connectivity index is 2.87. The predicted octanol–water partition coefficient (Wildman–Crippen LogP) is 0.764. The molecule has 0 unspecified atom stereocenters. The Hall–Kier alpha value is -1.58. The normalized spacial score (nSPS) is 9.42. The Labute approximate surface area is 69.8 Å². The van der Waals surface area contributed by atoms with E-state index in [1.165, 1.54) is 12.3 Å². The molecular weight excluding hydrogens is 158 g/mol. The minimum Gasteiger partial charge on any atom is -0.505 e. The lowest BCUT2D eigenvalue weighted by Crippen LogP contribution is -2.06. The van der Waals surface area contributed by atoms with Gasteiger partial charge < -0.3 is 9.84 Å². The molecule has 0 amide bonds. The smallest absolute Gasteiger partial charge is 0.360 e. The van der Waals surface area contributed by atoms with Crippen molar-refractivity contribution in [2.75, 3.05) is 6.61 Å². The molecule has 0 saturated heterocycles. The first-order valence-corrected chi connectivity index (χ1v) is 3.48. The molecular formula is C8H8NO3. The maximum absolute atomic E-state index is 11.0. The average Bonchev–Trinajstić information content (AvgIpc) is 2.05. The molecule has 4 nitrogen and oxygen atoms in total. The number of pyridine rings is 1. The summed E-state index contributed by atoms with van der Waals surface area (Å²) < 4.78 is 4.63. The summed E-state index contributed by atoms with van der Waals surface area (Å²) in [5, 5.41) is 9.09. The number of hydrogen-bond acceptors (Lipinski definition) is 4. The van der Waals surface area contributed by atoms with Gasteiger partial charge in [-0.25, -0.2) is 9.78 Å². The summed E-state index contributed by atoms with van der Waals surface area (Å²) in [7, 11) is 0. The van der Waals surface area contributed by atoms with Gasteiger partial charge in [-0.1, -0.05) is 0 Å². The van der Waals surface area contributed by atoms with E-state index >= 15 is 0 Å². The van der Waals surface area contributed by atoms with Crippen molar-refractivity contribution in [3.63, 3.8) is 0 Å². The zero-order chi connectivity index (χ0) is 8.97. The third kappa shape index (κ3) is 1.72. The fourth-order valence-electron chi connectivity index (χ4n) is 0.706. The Bertz CT molecular complexity index is 285. The number of aromatic hydroxyl groups is 1. The highest BCUT2D eigenvalue weighted by Gasteiger charge is 2.12. The summed E-state index contributed by atoms with van der Waals surface area (Å²) in [6.45, 7) is 1.94. The summed E-state index contributed by atoms with van der Waals surface area (Å²) in [4.78, 5) is 14.6. The van der Waals surface area contributed by atoms with Crippen molar-refractivity contribution < 1.29 is 14.6 Å². The van der Waals surface area contributed by atoms with E-state index in [0.717, 1.165) is 0 Å². The van der Waals surface area contributed by atoms with Crippen LogP contribution < -0.4 is 0 Å². The lowest BCUT2D eigenvalue weighted by molar-refractivity contribution is 0.0516. The molecule has 0 spiro atoms. The number of rotatable bonds is 2. The first kappa shape index (κ1) is 8.52. The van der Waals surface area contributed by atoms with Crippen LogP contribution in [0.5, 0.6) is 5.75 Å². The molecule has 1 aromatic rings. The van der Waals surface area contributed by atoms with E-state index in [0.29, 0.717) is 0 Å². The zero-order valence-electron chi connectivity index (χ0n) is 6.57. The Kier molecular flexibility index (Phi) is 2.63. The second-order valence-electron chi connectivity index (χ2n) is 2.01. The molecule has 0 aliphatic carbocycles. The second-order valence-corrected chi connectivity index (χ2v) is 2.01. The van der Waals surface area contributed by atoms with Crippen molar-refractivity contribution >= 4 is 5.97 Å². The van der Waals surface area contributed by atoms with Crippen LogP contribution in [0, 0.1) is 6.07 Å². The molecule has 63 valence electrons. The van der Waals surface area contributed by atoms with Gasteiger partial charge in [-0.3, -0.25) is 0 Å². The second kappa shape index (κ2) is 3.71. The van der Waals surface area contributed by atoms with Crippen molar-refractivity contribution in [2.24, 2.45) is 0 Å². The largest absolute Gasteiger partial charge is 0.505 e. The van der Waals surface area contributed by atoms with Crippen molar-refractivity contribution in [3.05, 3.63) is 24.0 Å². The molecule has 0 fully saturated rings. The van der Waals surface area contributed by atoms with E-state index in [4.69, 9.17) is 5.11 Å². The van der Waals surface area contributed by atoms with Gasteiger partial charge in [-0.2, -0.15) is 0 Å². The highest BCUT2D eigenvalue weighted by molar-refractivity contribution is 5.89. The van der Waals surface area contributed by atoms with E-state index in [-0.39, 0.29) is 18.1 Å². The number of nitrogens with zero attached hydrogens (tertiary/aromatic N) is 1. The molecule has 1 N–H and O–H groups in total. The number of carbonyl (C=O) groups is 1. The quantitative estimate of drug-likeness (QED) is 0.659. The van der Waals surface area contributed by atoms with E-state index in [9.17, 15) is 4.79 Å². The number of aromatic nitrogens is 1. The maximum Gasteiger partial charge on any atom is 0.360 e. The number of ether oxygens (including phenoxy) is 1. The van der Waals surface area contributed by atoms with Gasteiger partial charge in [0, 0.05) is 12.3 Å². The van der Waals surface area contributed by atoms with Crippen LogP contribution in [0.4, 0.5) is 0 Å². The molecule has 0 aliphatic rings. The van der Waals surface area contributed by atoms with Gasteiger partial charge in [0.15, 0.2) is 11.4 Å². The van der Waals surface area contributed by atoms with Crippen LogP contribution in [0.25, 0.3) is 0 Å². The Morgan fingerprint density at radius 1 is 1.83 bits per heavy atom. The third-order valence-corrected chi connectivity index (χ3v) is 1.19. The van der Waals surface area contributed by atoms with Gasteiger partial charge in [0.05, 0.1) is 6.61 Å². The fraction of sp³-hybridized carbons (Fsp3) is 0.250. The van der Waals surface area contributed by atoms with Crippen molar-refractivity contribution in [2.45, 2.75) is 6.92 Å². The summed E-state index contributed by atoms with van der Waals surface area (Å²) in [5.74, 6) is -0.914. The minimum atomic E-state index is -0.633. The number of hydrogen-bond donors (Lipinski definition) is 1. The lowest BCUT2D eigenvalue weighted by Gasteiger charge is -2.00. The topological polar surface area (TPSA) is 59.4 Å². The van der Waals surface area contributed by atoms with Gasteiger partial charge in [0.1, 0.15) is 0 Å². The highest BCUT2D eigenvalue weighted by Crippen LogP contribution is 2.12.